The Morgan fingerprint density at radius 2 is 2.11 bits per heavy atom. The van der Waals surface area contributed by atoms with Gasteiger partial charge in [-0.15, -0.1) is 0 Å². The summed E-state index contributed by atoms with van der Waals surface area (Å²) in [6.45, 7) is 1.78. The van der Waals surface area contributed by atoms with E-state index < -0.39 is 16.4 Å². The molecular weight excluding hydrogens is 376 g/mol. The fourth-order valence-corrected chi connectivity index (χ4v) is 5.40. The van der Waals surface area contributed by atoms with E-state index in [9.17, 15) is 9.32 Å². The monoisotopic (exact) mass is 394 g/mol. The quantitative estimate of drug-likeness (QED) is 0.549. The predicted molar refractivity (Wildman–Crippen MR) is 104 cm³/mol. The molecule has 1 atom stereocenters. The lowest BCUT2D eigenvalue weighted by Crippen LogP contribution is -2.46. The van der Waals surface area contributed by atoms with E-state index in [4.69, 9.17) is 0 Å². The first-order valence-corrected chi connectivity index (χ1v) is 10.1. The third kappa shape index (κ3) is 2.92. The molecule has 1 aliphatic rings. The van der Waals surface area contributed by atoms with Gasteiger partial charge in [-0.25, -0.2) is 14.6 Å². The zero-order chi connectivity index (χ0) is 19.3. The number of nitrogens with zero attached hydrogens (tertiary/aromatic N) is 5. The molecule has 4 aromatic rings. The maximum atomic E-state index is 12.7. The number of aliphatic hydroxyl groups is 1. The average Bonchev–Trinajstić information content (AvgIpc) is 3.35. The summed E-state index contributed by atoms with van der Waals surface area (Å²) in [6.07, 6.45) is 5.93. The van der Waals surface area contributed by atoms with Crippen molar-refractivity contribution in [2.45, 2.75) is 35.5 Å². The van der Waals surface area contributed by atoms with Crippen LogP contribution in [-0.4, -0.2) is 50.1 Å². The molecule has 0 saturated heterocycles. The van der Waals surface area contributed by atoms with E-state index in [-0.39, 0.29) is 5.25 Å². The summed E-state index contributed by atoms with van der Waals surface area (Å²) in [4.78, 5) is 9.37. The number of H-pyrrole nitrogens is 1. The van der Waals surface area contributed by atoms with Crippen LogP contribution in [0.25, 0.3) is 28.1 Å². The molecular formula is C19H18N6O2S. The highest BCUT2D eigenvalue weighted by Gasteiger charge is 2.42. The van der Waals surface area contributed by atoms with E-state index in [1.807, 2.05) is 30.3 Å². The van der Waals surface area contributed by atoms with Crippen molar-refractivity contribution in [1.29, 1.82) is 0 Å². The lowest BCUT2D eigenvalue weighted by molar-refractivity contribution is -0.0106. The van der Waals surface area contributed by atoms with Gasteiger partial charge >= 0.3 is 0 Å². The molecule has 0 radical (unpaired) electrons. The summed E-state index contributed by atoms with van der Waals surface area (Å²) in [7, 11) is -1.18. The van der Waals surface area contributed by atoms with Crippen LogP contribution in [0.2, 0.25) is 0 Å². The smallest absolute Gasteiger partial charge is 0.162 e. The molecule has 28 heavy (non-hydrogen) atoms. The zero-order valence-electron chi connectivity index (χ0n) is 15.1. The number of fused-ring (bicyclic) bond motifs is 1. The van der Waals surface area contributed by atoms with Crippen LogP contribution < -0.4 is 0 Å². The largest absolute Gasteiger partial charge is 0.390 e. The molecule has 0 spiro atoms. The molecule has 1 aromatic carbocycles. The highest BCUT2D eigenvalue weighted by molar-refractivity contribution is 7.85. The topological polar surface area (TPSA) is 110 Å². The minimum Gasteiger partial charge on any atom is -0.390 e. The van der Waals surface area contributed by atoms with Gasteiger partial charge in [0.15, 0.2) is 11.5 Å². The molecule has 9 heteroatoms. The first-order valence-electron chi connectivity index (χ1n) is 8.93. The average molecular weight is 394 g/mol. The lowest BCUT2D eigenvalue weighted by Gasteiger charge is -2.40. The van der Waals surface area contributed by atoms with Crippen molar-refractivity contribution in [2.75, 3.05) is 0 Å². The van der Waals surface area contributed by atoms with Crippen molar-refractivity contribution in [2.24, 2.45) is 0 Å². The number of rotatable bonds is 4. The Morgan fingerprint density at radius 1 is 1.25 bits per heavy atom. The summed E-state index contributed by atoms with van der Waals surface area (Å²) < 4.78 is 14.5. The van der Waals surface area contributed by atoms with Gasteiger partial charge in [0.25, 0.3) is 0 Å². The van der Waals surface area contributed by atoms with E-state index >= 15 is 0 Å². The van der Waals surface area contributed by atoms with Crippen LogP contribution in [-0.2, 0) is 10.8 Å². The van der Waals surface area contributed by atoms with E-state index in [0.717, 1.165) is 16.6 Å². The van der Waals surface area contributed by atoms with Crippen molar-refractivity contribution in [3.05, 3.63) is 49.1 Å². The molecule has 0 bridgehead atoms. The Morgan fingerprint density at radius 3 is 2.86 bits per heavy atom. The van der Waals surface area contributed by atoms with Crippen molar-refractivity contribution >= 4 is 21.8 Å². The van der Waals surface area contributed by atoms with E-state index in [2.05, 4.69) is 25.3 Å². The lowest BCUT2D eigenvalue weighted by atomic mass is 9.82. The van der Waals surface area contributed by atoms with Gasteiger partial charge in [-0.05, 0) is 38.0 Å². The number of pyridine rings is 1. The number of benzene rings is 1. The summed E-state index contributed by atoms with van der Waals surface area (Å²) in [5.74, 6) is 0.681. The molecule has 0 aliphatic heterocycles. The molecule has 3 heterocycles. The normalized spacial score (nSPS) is 22.9. The van der Waals surface area contributed by atoms with Crippen LogP contribution in [0.3, 0.4) is 0 Å². The number of hydrogen-bond acceptors (Lipinski definition) is 6. The fraction of sp³-hybridized carbons (Fsp3) is 0.263. The van der Waals surface area contributed by atoms with E-state index in [0.29, 0.717) is 29.2 Å². The maximum absolute atomic E-state index is 12.7. The van der Waals surface area contributed by atoms with Gasteiger partial charge in [-0.3, -0.25) is 9.31 Å². The number of aromatic nitrogens is 6. The molecule has 5 rings (SSSR count). The van der Waals surface area contributed by atoms with Crippen molar-refractivity contribution < 1.29 is 9.32 Å². The SMILES string of the molecule is CC1(O)CC([S@](=O)c2cnc3c(cnn3-c3cccc(-c4ncn[nH]4)c3)c2)C1. The highest BCUT2D eigenvalue weighted by atomic mass is 32.2. The molecule has 8 nitrogen and oxygen atoms in total. The molecule has 0 unspecified atom stereocenters. The van der Waals surface area contributed by atoms with Gasteiger partial charge in [-0.1, -0.05) is 12.1 Å². The first-order chi connectivity index (χ1) is 13.5. The Hall–Kier alpha value is -2.91. The van der Waals surface area contributed by atoms with Gasteiger partial charge in [0.1, 0.15) is 6.33 Å². The number of hydrogen-bond donors (Lipinski definition) is 2. The summed E-state index contributed by atoms with van der Waals surface area (Å²) in [5.41, 5.74) is 1.74. The third-order valence-corrected chi connectivity index (χ3v) is 6.66. The van der Waals surface area contributed by atoms with Gasteiger partial charge in [0, 0.05) is 22.4 Å². The van der Waals surface area contributed by atoms with Crippen LogP contribution >= 0.6 is 0 Å². The fourth-order valence-electron chi connectivity index (χ4n) is 3.59. The molecule has 2 N–H and O–H groups in total. The van der Waals surface area contributed by atoms with Crippen LogP contribution in [0.5, 0.6) is 0 Å². The summed E-state index contributed by atoms with van der Waals surface area (Å²) >= 11 is 0. The van der Waals surface area contributed by atoms with Gasteiger partial charge in [0.05, 0.1) is 33.2 Å². The van der Waals surface area contributed by atoms with Crippen molar-refractivity contribution in [3.8, 4) is 17.1 Å². The van der Waals surface area contributed by atoms with Crippen LogP contribution in [0.1, 0.15) is 19.8 Å². The number of aromatic amines is 1. The van der Waals surface area contributed by atoms with Gasteiger partial charge < -0.3 is 5.11 Å². The van der Waals surface area contributed by atoms with Gasteiger partial charge in [0.2, 0.25) is 0 Å². The minimum atomic E-state index is -1.18. The Kier molecular flexibility index (Phi) is 3.88. The summed E-state index contributed by atoms with van der Waals surface area (Å²) in [6, 6.07) is 9.63. The van der Waals surface area contributed by atoms with Crippen LogP contribution in [0.4, 0.5) is 0 Å². The second kappa shape index (κ2) is 6.32. The standard InChI is InChI=1S/C19H18N6O2S/c1-19(26)7-16(8-19)28(27)15-6-13-9-23-25(18(13)20-10-15)14-4-2-3-12(5-14)17-21-11-22-24-17/h2-6,9-11,16,26H,7-8H2,1H3,(H,21,22,24)/t16?,19?,28-/m1/s1. The van der Waals surface area contributed by atoms with Crippen LogP contribution in [0.15, 0.2) is 53.9 Å². The maximum Gasteiger partial charge on any atom is 0.162 e. The first kappa shape index (κ1) is 17.2. The molecule has 3 aromatic heterocycles. The second-order valence-electron chi connectivity index (χ2n) is 7.35. The van der Waals surface area contributed by atoms with E-state index in [1.54, 1.807) is 24.0 Å². The predicted octanol–water partition coefficient (Wildman–Crippen LogP) is 2.23. The van der Waals surface area contributed by atoms with Crippen molar-refractivity contribution in [1.82, 2.24) is 29.9 Å². The second-order valence-corrected chi connectivity index (χ2v) is 9.08. The Labute approximate surface area is 163 Å². The molecule has 1 fully saturated rings. The molecule has 142 valence electrons. The van der Waals surface area contributed by atoms with E-state index in [1.165, 1.54) is 6.33 Å². The Bertz CT molecular complexity index is 1180. The zero-order valence-corrected chi connectivity index (χ0v) is 15.9. The highest BCUT2D eigenvalue weighted by Crippen LogP contribution is 2.37. The number of nitrogens with one attached hydrogen (secondary N) is 1. The molecule has 1 aliphatic carbocycles. The minimum absolute atomic E-state index is 0.0251. The molecule has 1 saturated carbocycles. The van der Waals surface area contributed by atoms with Crippen molar-refractivity contribution in [3.63, 3.8) is 0 Å². The third-order valence-electron chi connectivity index (χ3n) is 5.03. The molecule has 0 amide bonds. The van der Waals surface area contributed by atoms with Crippen LogP contribution in [0, 0.1) is 0 Å². The Balaban J connectivity index is 1.48. The summed E-state index contributed by atoms with van der Waals surface area (Å²) in [5, 5.41) is 21.9. The van der Waals surface area contributed by atoms with Gasteiger partial charge in [-0.2, -0.15) is 10.2 Å².